The van der Waals surface area contributed by atoms with Crippen LogP contribution in [0.2, 0.25) is 0 Å². The SMILES string of the molecule is CN(Cc1ccccc1N1CCCC1)C(=O)C1CCN(S(=O)(=O)c2ccc3c(c2)OCCO3)CC1. The first kappa shape index (κ1) is 23.9. The minimum absolute atomic E-state index is 0.0811. The molecule has 0 unspecified atom stereocenters. The number of para-hydroxylation sites is 1. The summed E-state index contributed by atoms with van der Waals surface area (Å²) in [6.45, 7) is 4.19. The molecule has 35 heavy (non-hydrogen) atoms. The van der Waals surface area contributed by atoms with Crippen LogP contribution < -0.4 is 14.4 Å². The van der Waals surface area contributed by atoms with Crippen LogP contribution in [0.3, 0.4) is 0 Å². The first-order chi connectivity index (χ1) is 16.9. The van der Waals surface area contributed by atoms with Crippen LogP contribution in [0.4, 0.5) is 5.69 Å². The van der Waals surface area contributed by atoms with Crippen LogP contribution in [0.15, 0.2) is 47.4 Å². The smallest absolute Gasteiger partial charge is 0.243 e. The predicted octanol–water partition coefficient (Wildman–Crippen LogP) is 3.12. The first-order valence-electron chi connectivity index (χ1n) is 12.4. The van der Waals surface area contributed by atoms with Crippen LogP contribution in [0.5, 0.6) is 11.5 Å². The van der Waals surface area contributed by atoms with E-state index in [1.165, 1.54) is 28.9 Å². The largest absolute Gasteiger partial charge is 0.486 e. The highest BCUT2D eigenvalue weighted by molar-refractivity contribution is 7.89. The third-order valence-electron chi connectivity index (χ3n) is 7.18. The van der Waals surface area contributed by atoms with Crippen molar-refractivity contribution in [1.29, 1.82) is 0 Å². The standard InChI is InChI=1S/C26H33N3O5S/c1-27(19-21-6-2-3-7-23(21)28-12-4-5-13-28)26(30)20-10-14-29(15-11-20)35(31,32)22-8-9-24-25(18-22)34-17-16-33-24/h2-3,6-9,18,20H,4-5,10-17,19H2,1H3. The van der Waals surface area contributed by atoms with E-state index in [-0.39, 0.29) is 16.7 Å². The van der Waals surface area contributed by atoms with Gasteiger partial charge in [-0.3, -0.25) is 4.79 Å². The Balaban J connectivity index is 1.21. The van der Waals surface area contributed by atoms with Crippen molar-refractivity contribution >= 4 is 21.6 Å². The summed E-state index contributed by atoms with van der Waals surface area (Å²) in [5, 5.41) is 0. The molecular formula is C26H33N3O5S. The molecule has 2 fully saturated rings. The molecule has 0 saturated carbocycles. The number of ether oxygens (including phenoxy) is 2. The summed E-state index contributed by atoms with van der Waals surface area (Å²) in [5.74, 6) is 0.926. The van der Waals surface area contributed by atoms with Gasteiger partial charge < -0.3 is 19.3 Å². The fraction of sp³-hybridized carbons (Fsp3) is 0.500. The van der Waals surface area contributed by atoms with Crippen molar-refractivity contribution in [2.24, 2.45) is 5.92 Å². The highest BCUT2D eigenvalue weighted by Crippen LogP contribution is 2.34. The van der Waals surface area contributed by atoms with E-state index < -0.39 is 10.0 Å². The minimum atomic E-state index is -3.66. The van der Waals surface area contributed by atoms with Crippen molar-refractivity contribution in [2.75, 3.05) is 51.3 Å². The second-order valence-electron chi connectivity index (χ2n) is 9.50. The van der Waals surface area contributed by atoms with E-state index in [0.717, 1.165) is 18.7 Å². The van der Waals surface area contributed by atoms with Gasteiger partial charge in [0.15, 0.2) is 11.5 Å². The maximum Gasteiger partial charge on any atom is 0.243 e. The molecule has 5 rings (SSSR count). The first-order valence-corrected chi connectivity index (χ1v) is 13.8. The van der Waals surface area contributed by atoms with Gasteiger partial charge in [-0.15, -0.1) is 0 Å². The van der Waals surface area contributed by atoms with E-state index in [0.29, 0.717) is 57.2 Å². The molecule has 3 aliphatic heterocycles. The molecule has 0 aromatic heterocycles. The topological polar surface area (TPSA) is 79.4 Å². The number of hydrogen-bond acceptors (Lipinski definition) is 6. The summed E-state index contributed by atoms with van der Waals surface area (Å²) < 4.78 is 39.0. The van der Waals surface area contributed by atoms with Crippen LogP contribution >= 0.6 is 0 Å². The van der Waals surface area contributed by atoms with Gasteiger partial charge in [0.1, 0.15) is 13.2 Å². The summed E-state index contributed by atoms with van der Waals surface area (Å²) in [6, 6.07) is 13.1. The fourth-order valence-corrected chi connectivity index (χ4v) is 6.72. The van der Waals surface area contributed by atoms with E-state index in [4.69, 9.17) is 9.47 Å². The molecule has 8 nitrogen and oxygen atoms in total. The predicted molar refractivity (Wildman–Crippen MR) is 133 cm³/mol. The quantitative estimate of drug-likeness (QED) is 0.608. The summed E-state index contributed by atoms with van der Waals surface area (Å²) in [6.07, 6.45) is 3.44. The average molecular weight is 500 g/mol. The van der Waals surface area contributed by atoms with Gasteiger partial charge in [-0.2, -0.15) is 4.31 Å². The molecule has 0 aliphatic carbocycles. The lowest BCUT2D eigenvalue weighted by Crippen LogP contribution is -2.43. The molecule has 0 bridgehead atoms. The maximum absolute atomic E-state index is 13.2. The second-order valence-corrected chi connectivity index (χ2v) is 11.4. The summed E-state index contributed by atoms with van der Waals surface area (Å²) in [5.41, 5.74) is 2.37. The van der Waals surface area contributed by atoms with Gasteiger partial charge >= 0.3 is 0 Å². The number of piperidine rings is 1. The monoisotopic (exact) mass is 499 g/mol. The molecule has 188 valence electrons. The Kier molecular flexibility index (Phi) is 6.88. The van der Waals surface area contributed by atoms with Gasteiger partial charge in [-0.05, 0) is 49.4 Å². The number of carbonyl (C=O) groups excluding carboxylic acids is 1. The lowest BCUT2D eigenvalue weighted by Gasteiger charge is -2.33. The molecule has 3 heterocycles. The number of rotatable bonds is 6. The van der Waals surface area contributed by atoms with E-state index >= 15 is 0 Å². The zero-order chi connectivity index (χ0) is 24.4. The zero-order valence-corrected chi connectivity index (χ0v) is 21.0. The Morgan fingerprint density at radius 3 is 2.40 bits per heavy atom. The van der Waals surface area contributed by atoms with Crippen LogP contribution in [0.25, 0.3) is 0 Å². The van der Waals surface area contributed by atoms with Crippen LogP contribution in [0.1, 0.15) is 31.2 Å². The molecule has 2 aromatic carbocycles. The molecule has 2 aromatic rings. The zero-order valence-electron chi connectivity index (χ0n) is 20.2. The fourth-order valence-electron chi connectivity index (χ4n) is 5.23. The number of hydrogen-bond donors (Lipinski definition) is 0. The number of carbonyl (C=O) groups is 1. The Morgan fingerprint density at radius 1 is 0.971 bits per heavy atom. The van der Waals surface area contributed by atoms with Crippen molar-refractivity contribution in [3.05, 3.63) is 48.0 Å². The van der Waals surface area contributed by atoms with E-state index in [1.54, 1.807) is 17.0 Å². The third-order valence-corrected chi connectivity index (χ3v) is 9.07. The van der Waals surface area contributed by atoms with Crippen LogP contribution in [-0.4, -0.2) is 70.0 Å². The Morgan fingerprint density at radius 2 is 1.66 bits per heavy atom. The van der Waals surface area contributed by atoms with Gasteiger partial charge in [0.2, 0.25) is 15.9 Å². The van der Waals surface area contributed by atoms with Crippen molar-refractivity contribution in [2.45, 2.75) is 37.1 Å². The number of amides is 1. The molecule has 0 spiro atoms. The summed E-state index contributed by atoms with van der Waals surface area (Å²) >= 11 is 0. The number of sulfonamides is 1. The number of nitrogens with zero attached hydrogens (tertiary/aromatic N) is 3. The molecule has 3 aliphatic rings. The molecule has 0 atom stereocenters. The van der Waals surface area contributed by atoms with E-state index in [9.17, 15) is 13.2 Å². The van der Waals surface area contributed by atoms with Crippen molar-refractivity contribution in [3.63, 3.8) is 0 Å². The highest BCUT2D eigenvalue weighted by Gasteiger charge is 2.34. The lowest BCUT2D eigenvalue weighted by molar-refractivity contribution is -0.135. The van der Waals surface area contributed by atoms with Crippen LogP contribution in [-0.2, 0) is 21.4 Å². The number of anilines is 1. The number of benzene rings is 2. The normalized spacial score (nSPS) is 19.1. The number of fused-ring (bicyclic) bond motifs is 1. The minimum Gasteiger partial charge on any atom is -0.486 e. The Bertz CT molecular complexity index is 1170. The van der Waals surface area contributed by atoms with Gasteiger partial charge in [0, 0.05) is 57.4 Å². The second kappa shape index (κ2) is 10.1. The molecule has 0 radical (unpaired) electrons. The Hall–Kier alpha value is -2.78. The molecule has 1 amide bonds. The molecule has 2 saturated heterocycles. The summed E-state index contributed by atoms with van der Waals surface area (Å²) in [7, 11) is -1.81. The van der Waals surface area contributed by atoms with Gasteiger partial charge in [0.25, 0.3) is 0 Å². The van der Waals surface area contributed by atoms with Gasteiger partial charge in [-0.25, -0.2) is 8.42 Å². The average Bonchev–Trinajstić information content (AvgIpc) is 3.43. The van der Waals surface area contributed by atoms with E-state index in [1.807, 2.05) is 13.1 Å². The third kappa shape index (κ3) is 4.97. The van der Waals surface area contributed by atoms with Crippen molar-refractivity contribution in [3.8, 4) is 11.5 Å². The van der Waals surface area contributed by atoms with Gasteiger partial charge in [-0.1, -0.05) is 18.2 Å². The van der Waals surface area contributed by atoms with Crippen LogP contribution in [0, 0.1) is 5.92 Å². The van der Waals surface area contributed by atoms with Crippen molar-refractivity contribution in [1.82, 2.24) is 9.21 Å². The highest BCUT2D eigenvalue weighted by atomic mass is 32.2. The Labute approximate surface area is 207 Å². The summed E-state index contributed by atoms with van der Waals surface area (Å²) in [4.78, 5) is 17.6. The maximum atomic E-state index is 13.2. The molecule has 0 N–H and O–H groups in total. The van der Waals surface area contributed by atoms with Gasteiger partial charge in [0.05, 0.1) is 4.90 Å². The lowest BCUT2D eigenvalue weighted by atomic mass is 9.96. The molecule has 9 heteroatoms. The molecular weight excluding hydrogens is 466 g/mol. The van der Waals surface area contributed by atoms with E-state index in [2.05, 4.69) is 23.1 Å². The van der Waals surface area contributed by atoms with Crippen molar-refractivity contribution < 1.29 is 22.7 Å².